The molecule has 0 heterocycles. The van der Waals surface area contributed by atoms with E-state index in [-0.39, 0.29) is 18.5 Å². The SMILES string of the molecule is CCOC(=O)c1ccc(OC[C@H](O)CSc2ccc(NC(C)=O)cc2)cc1. The second-order valence-corrected chi connectivity index (χ2v) is 6.82. The number of rotatable bonds is 9. The summed E-state index contributed by atoms with van der Waals surface area (Å²) in [6, 6.07) is 14.0. The number of aliphatic hydroxyl groups excluding tert-OH is 1. The first-order valence-electron chi connectivity index (χ1n) is 8.56. The second-order valence-electron chi connectivity index (χ2n) is 5.73. The van der Waals surface area contributed by atoms with Crippen molar-refractivity contribution in [1.29, 1.82) is 0 Å². The molecule has 0 fully saturated rings. The fraction of sp³-hybridized carbons (Fsp3) is 0.300. The van der Waals surface area contributed by atoms with E-state index in [4.69, 9.17) is 9.47 Å². The maximum atomic E-state index is 11.6. The number of ether oxygens (including phenoxy) is 2. The molecule has 2 N–H and O–H groups in total. The molecule has 2 aromatic rings. The van der Waals surface area contributed by atoms with Gasteiger partial charge in [-0.05, 0) is 55.5 Å². The number of thioether (sulfide) groups is 1. The van der Waals surface area contributed by atoms with E-state index in [1.807, 2.05) is 24.3 Å². The molecule has 0 aliphatic carbocycles. The lowest BCUT2D eigenvalue weighted by Gasteiger charge is -2.12. The smallest absolute Gasteiger partial charge is 0.338 e. The summed E-state index contributed by atoms with van der Waals surface area (Å²) in [5, 5.41) is 12.8. The van der Waals surface area contributed by atoms with Crippen molar-refractivity contribution < 1.29 is 24.2 Å². The summed E-state index contributed by atoms with van der Waals surface area (Å²) in [6.07, 6.45) is -0.644. The zero-order chi connectivity index (χ0) is 19.6. The van der Waals surface area contributed by atoms with Crippen LogP contribution in [-0.4, -0.2) is 42.1 Å². The van der Waals surface area contributed by atoms with Crippen LogP contribution in [0.15, 0.2) is 53.4 Å². The van der Waals surface area contributed by atoms with Crippen LogP contribution in [0.25, 0.3) is 0 Å². The number of carbonyl (C=O) groups excluding carboxylic acids is 2. The summed E-state index contributed by atoms with van der Waals surface area (Å²) in [5.74, 6) is 0.565. The number of esters is 1. The number of carbonyl (C=O) groups is 2. The number of hydrogen-bond acceptors (Lipinski definition) is 6. The maximum absolute atomic E-state index is 11.6. The Balaban J connectivity index is 1.75. The van der Waals surface area contributed by atoms with Gasteiger partial charge in [0.2, 0.25) is 5.91 Å². The van der Waals surface area contributed by atoms with Crippen molar-refractivity contribution in [2.24, 2.45) is 0 Å². The molecule has 0 unspecified atom stereocenters. The van der Waals surface area contributed by atoms with Crippen molar-refractivity contribution in [3.63, 3.8) is 0 Å². The van der Waals surface area contributed by atoms with Gasteiger partial charge in [0.25, 0.3) is 0 Å². The Kier molecular flexibility index (Phi) is 8.16. The maximum Gasteiger partial charge on any atom is 0.338 e. The predicted molar refractivity (Wildman–Crippen MR) is 105 cm³/mol. The Labute approximate surface area is 162 Å². The van der Waals surface area contributed by atoms with Gasteiger partial charge in [0.1, 0.15) is 12.4 Å². The van der Waals surface area contributed by atoms with E-state index in [9.17, 15) is 14.7 Å². The topological polar surface area (TPSA) is 84.9 Å². The molecular formula is C20H23NO5S. The summed E-state index contributed by atoms with van der Waals surface area (Å²) in [6.45, 7) is 3.70. The molecule has 0 bridgehead atoms. The summed E-state index contributed by atoms with van der Waals surface area (Å²) in [7, 11) is 0. The predicted octanol–water partition coefficient (Wildman–Crippen LogP) is 3.35. The van der Waals surface area contributed by atoms with Crippen LogP contribution in [0, 0.1) is 0 Å². The summed E-state index contributed by atoms with van der Waals surface area (Å²) in [5.41, 5.74) is 1.20. The minimum Gasteiger partial charge on any atom is -0.491 e. The van der Waals surface area contributed by atoms with Gasteiger partial charge in [0.05, 0.1) is 18.3 Å². The number of hydrogen-bond donors (Lipinski definition) is 2. The van der Waals surface area contributed by atoms with Crippen LogP contribution in [0.1, 0.15) is 24.2 Å². The van der Waals surface area contributed by atoms with Gasteiger partial charge in [-0.3, -0.25) is 4.79 Å². The highest BCUT2D eigenvalue weighted by Crippen LogP contribution is 2.21. The average molecular weight is 389 g/mol. The fourth-order valence-corrected chi connectivity index (χ4v) is 2.98. The van der Waals surface area contributed by atoms with Crippen LogP contribution in [0.4, 0.5) is 5.69 Å². The van der Waals surface area contributed by atoms with Crippen molar-refractivity contribution >= 4 is 29.3 Å². The van der Waals surface area contributed by atoms with E-state index >= 15 is 0 Å². The first-order chi connectivity index (χ1) is 13.0. The van der Waals surface area contributed by atoms with Crippen LogP contribution in [0.5, 0.6) is 5.75 Å². The number of amides is 1. The average Bonchev–Trinajstić information content (AvgIpc) is 2.66. The van der Waals surface area contributed by atoms with E-state index < -0.39 is 6.10 Å². The number of benzene rings is 2. The zero-order valence-electron chi connectivity index (χ0n) is 15.3. The highest BCUT2D eigenvalue weighted by molar-refractivity contribution is 7.99. The van der Waals surface area contributed by atoms with Gasteiger partial charge in [-0.1, -0.05) is 0 Å². The molecule has 7 heteroatoms. The van der Waals surface area contributed by atoms with Gasteiger partial charge < -0.3 is 19.9 Å². The Morgan fingerprint density at radius 2 is 1.78 bits per heavy atom. The van der Waals surface area contributed by atoms with E-state index in [1.54, 1.807) is 31.2 Å². The number of aliphatic hydroxyl groups is 1. The molecule has 0 aliphatic rings. The van der Waals surface area contributed by atoms with Gasteiger partial charge in [-0.25, -0.2) is 4.79 Å². The molecule has 0 aliphatic heterocycles. The van der Waals surface area contributed by atoms with E-state index in [0.29, 0.717) is 23.7 Å². The fourth-order valence-electron chi connectivity index (χ4n) is 2.17. The number of anilines is 1. The van der Waals surface area contributed by atoms with Crippen LogP contribution in [0.2, 0.25) is 0 Å². The van der Waals surface area contributed by atoms with Gasteiger partial charge in [0, 0.05) is 23.3 Å². The van der Waals surface area contributed by atoms with E-state index in [2.05, 4.69) is 5.32 Å². The van der Waals surface area contributed by atoms with E-state index in [0.717, 1.165) is 10.6 Å². The van der Waals surface area contributed by atoms with Gasteiger partial charge in [-0.15, -0.1) is 11.8 Å². The lowest BCUT2D eigenvalue weighted by atomic mass is 10.2. The molecule has 2 rings (SSSR count). The van der Waals surface area contributed by atoms with Crippen LogP contribution >= 0.6 is 11.8 Å². The molecule has 0 saturated carbocycles. The van der Waals surface area contributed by atoms with Crippen molar-refractivity contribution in [2.75, 3.05) is 24.3 Å². The molecule has 27 heavy (non-hydrogen) atoms. The van der Waals surface area contributed by atoms with Crippen molar-refractivity contribution in [2.45, 2.75) is 24.8 Å². The quantitative estimate of drug-likeness (QED) is 0.505. The molecule has 0 spiro atoms. The van der Waals surface area contributed by atoms with E-state index in [1.165, 1.54) is 18.7 Å². The molecule has 1 amide bonds. The van der Waals surface area contributed by atoms with Crippen LogP contribution < -0.4 is 10.1 Å². The van der Waals surface area contributed by atoms with Gasteiger partial charge in [-0.2, -0.15) is 0 Å². The van der Waals surface area contributed by atoms with Gasteiger partial charge >= 0.3 is 5.97 Å². The zero-order valence-corrected chi connectivity index (χ0v) is 16.1. The molecule has 0 saturated heterocycles. The molecule has 0 aromatic heterocycles. The largest absolute Gasteiger partial charge is 0.491 e. The summed E-state index contributed by atoms with van der Waals surface area (Å²) in [4.78, 5) is 23.6. The third-order valence-corrected chi connectivity index (χ3v) is 4.58. The lowest BCUT2D eigenvalue weighted by molar-refractivity contribution is -0.114. The third kappa shape index (κ3) is 7.32. The Morgan fingerprint density at radius 1 is 1.11 bits per heavy atom. The second kappa shape index (κ2) is 10.6. The molecule has 6 nitrogen and oxygen atoms in total. The van der Waals surface area contributed by atoms with Crippen molar-refractivity contribution in [1.82, 2.24) is 0 Å². The highest BCUT2D eigenvalue weighted by Gasteiger charge is 2.09. The molecule has 144 valence electrons. The van der Waals surface area contributed by atoms with Crippen LogP contribution in [0.3, 0.4) is 0 Å². The first kappa shape index (κ1) is 20.8. The lowest BCUT2D eigenvalue weighted by Crippen LogP contribution is -2.20. The van der Waals surface area contributed by atoms with Crippen molar-refractivity contribution in [3.05, 3.63) is 54.1 Å². The summed E-state index contributed by atoms with van der Waals surface area (Å²) >= 11 is 1.50. The molecule has 1 atom stereocenters. The molecule has 2 aromatic carbocycles. The monoisotopic (exact) mass is 389 g/mol. The third-order valence-electron chi connectivity index (χ3n) is 3.42. The normalized spacial score (nSPS) is 11.5. The highest BCUT2D eigenvalue weighted by atomic mass is 32.2. The summed E-state index contributed by atoms with van der Waals surface area (Å²) < 4.78 is 10.5. The minimum atomic E-state index is -0.644. The van der Waals surface area contributed by atoms with Crippen molar-refractivity contribution in [3.8, 4) is 5.75 Å². The van der Waals surface area contributed by atoms with Crippen LogP contribution in [-0.2, 0) is 9.53 Å². The Hall–Kier alpha value is -2.51. The Bertz CT molecular complexity index is 746. The first-order valence-corrected chi connectivity index (χ1v) is 9.55. The van der Waals surface area contributed by atoms with Gasteiger partial charge in [0.15, 0.2) is 0 Å². The number of nitrogens with one attached hydrogen (secondary N) is 1. The standard InChI is InChI=1S/C20H23NO5S/c1-3-25-20(24)15-4-8-18(9-5-15)26-12-17(23)13-27-19-10-6-16(7-11-19)21-14(2)22/h4-11,17,23H,3,12-13H2,1-2H3,(H,21,22)/t17-/m0/s1. The molecular weight excluding hydrogens is 366 g/mol. The molecule has 0 radical (unpaired) electrons. The minimum absolute atomic E-state index is 0.113. The Morgan fingerprint density at radius 3 is 2.37 bits per heavy atom.